The SMILES string of the molecule is COC1CC(OC)CC(C(NC(=O)C2CC(Cn3ccn(C)c3=N)CC(C3CCC(F)CC3OC(F)F)C2)C2CC2)C1. The average Bonchev–Trinajstić information content (AvgIpc) is 3.77. The van der Waals surface area contributed by atoms with Gasteiger partial charge in [-0.2, -0.15) is 8.78 Å². The van der Waals surface area contributed by atoms with Crippen LogP contribution in [0, 0.1) is 40.9 Å². The predicted octanol–water partition coefficient (Wildman–Crippen LogP) is 4.81. The number of hydrogen-bond donors (Lipinski definition) is 2. The molecule has 2 N–H and O–H groups in total. The number of aryl methyl sites for hydroxylation is 1. The first-order valence-electron chi connectivity index (χ1n) is 15.8. The van der Waals surface area contributed by atoms with E-state index in [1.807, 2.05) is 24.0 Å². The lowest BCUT2D eigenvalue weighted by atomic mass is 9.65. The zero-order chi connectivity index (χ0) is 30.0. The summed E-state index contributed by atoms with van der Waals surface area (Å²) in [5.41, 5.74) is 0.376. The Balaban J connectivity index is 1.34. The van der Waals surface area contributed by atoms with E-state index in [4.69, 9.17) is 19.6 Å². The molecule has 4 aliphatic rings. The number of carbonyl (C=O) groups is 1. The number of carbonyl (C=O) groups excluding carboxylic acids is 1. The second-order valence-corrected chi connectivity index (χ2v) is 13.5. The van der Waals surface area contributed by atoms with Crippen molar-refractivity contribution in [3.05, 3.63) is 18.0 Å². The van der Waals surface area contributed by atoms with E-state index in [1.54, 1.807) is 18.8 Å². The third-order valence-electron chi connectivity index (χ3n) is 10.7. The average molecular weight is 599 g/mol. The molecule has 9 atom stereocenters. The minimum absolute atomic E-state index is 0.0237. The summed E-state index contributed by atoms with van der Waals surface area (Å²) in [6.07, 6.45) is 9.58. The van der Waals surface area contributed by atoms with E-state index in [9.17, 15) is 18.0 Å². The number of hydrogen-bond acceptors (Lipinski definition) is 5. The topological polar surface area (TPSA) is 90.5 Å². The standard InChI is InChI=1S/C31H49F3N4O4/c1-37-8-9-38(31(37)35)17-18-10-20(26-7-6-23(32)15-27(26)42-30(33)34)12-22(11-18)29(39)36-28(19-4-5-19)21-13-24(40-2)16-25(14-21)41-3/h8-9,18-28,30,35H,4-7,10-17H2,1-3H3,(H,36,39). The zero-order valence-electron chi connectivity index (χ0n) is 25.2. The molecule has 0 bridgehead atoms. The monoisotopic (exact) mass is 598 g/mol. The Morgan fingerprint density at radius 1 is 0.976 bits per heavy atom. The fourth-order valence-corrected chi connectivity index (χ4v) is 8.37. The smallest absolute Gasteiger partial charge is 0.345 e. The van der Waals surface area contributed by atoms with Crippen molar-refractivity contribution in [3.8, 4) is 0 Å². The Labute approximate surface area is 247 Å². The first-order chi connectivity index (χ1) is 20.1. The van der Waals surface area contributed by atoms with Crippen LogP contribution in [0.4, 0.5) is 13.2 Å². The second kappa shape index (κ2) is 13.8. The largest absolute Gasteiger partial charge is 0.381 e. The summed E-state index contributed by atoms with van der Waals surface area (Å²) in [7, 11) is 5.30. The lowest BCUT2D eigenvalue weighted by molar-refractivity contribution is -0.196. The van der Waals surface area contributed by atoms with Crippen LogP contribution in [0.5, 0.6) is 0 Å². The van der Waals surface area contributed by atoms with Crippen LogP contribution in [0.1, 0.15) is 70.6 Å². The van der Waals surface area contributed by atoms with Gasteiger partial charge in [0.05, 0.1) is 18.3 Å². The van der Waals surface area contributed by atoms with Crippen molar-refractivity contribution in [1.29, 1.82) is 5.41 Å². The highest BCUT2D eigenvalue weighted by atomic mass is 19.3. The van der Waals surface area contributed by atoms with E-state index >= 15 is 0 Å². The number of ether oxygens (including phenoxy) is 3. The lowest BCUT2D eigenvalue weighted by Gasteiger charge is -2.44. The third-order valence-corrected chi connectivity index (χ3v) is 10.7. The maximum atomic E-state index is 14.3. The highest BCUT2D eigenvalue weighted by molar-refractivity contribution is 5.79. The summed E-state index contributed by atoms with van der Waals surface area (Å²) in [6.45, 7) is -2.37. The number of aromatic nitrogens is 2. The predicted molar refractivity (Wildman–Crippen MR) is 150 cm³/mol. The zero-order valence-corrected chi connectivity index (χ0v) is 25.2. The molecular weight excluding hydrogens is 549 g/mol. The van der Waals surface area contributed by atoms with Gasteiger partial charge in [-0.1, -0.05) is 0 Å². The Morgan fingerprint density at radius 2 is 1.69 bits per heavy atom. The van der Waals surface area contributed by atoms with Crippen molar-refractivity contribution in [1.82, 2.24) is 14.5 Å². The van der Waals surface area contributed by atoms with Crippen LogP contribution in [-0.4, -0.2) is 66.4 Å². The Kier molecular flexibility index (Phi) is 10.4. The molecule has 0 aromatic carbocycles. The van der Waals surface area contributed by atoms with Crippen LogP contribution in [0.15, 0.2) is 12.4 Å². The molecule has 0 radical (unpaired) electrons. The van der Waals surface area contributed by atoms with Gasteiger partial charge in [0.2, 0.25) is 11.5 Å². The third kappa shape index (κ3) is 7.62. The van der Waals surface area contributed by atoms with Crippen LogP contribution in [0.25, 0.3) is 0 Å². The summed E-state index contributed by atoms with van der Waals surface area (Å²) in [5, 5.41) is 11.9. The highest BCUT2D eigenvalue weighted by Gasteiger charge is 2.46. The van der Waals surface area contributed by atoms with Gasteiger partial charge in [0.1, 0.15) is 6.17 Å². The van der Waals surface area contributed by atoms with E-state index in [1.165, 1.54) is 0 Å². The minimum atomic E-state index is -2.95. The maximum Gasteiger partial charge on any atom is 0.345 e. The number of nitrogens with one attached hydrogen (secondary N) is 2. The van der Waals surface area contributed by atoms with Gasteiger partial charge in [0.25, 0.3) is 0 Å². The minimum Gasteiger partial charge on any atom is -0.381 e. The molecule has 1 aromatic heterocycles. The van der Waals surface area contributed by atoms with E-state index in [2.05, 4.69) is 5.32 Å². The molecule has 0 aliphatic heterocycles. The van der Waals surface area contributed by atoms with E-state index in [0.717, 1.165) is 38.5 Å². The van der Waals surface area contributed by atoms with Gasteiger partial charge in [0.15, 0.2) is 0 Å². The molecule has 0 spiro atoms. The van der Waals surface area contributed by atoms with Gasteiger partial charge in [-0.05, 0) is 93.8 Å². The fraction of sp³-hybridized carbons (Fsp3) is 0.871. The van der Waals surface area contributed by atoms with E-state index in [-0.39, 0.29) is 60.2 Å². The first-order valence-corrected chi connectivity index (χ1v) is 15.8. The first kappa shape index (κ1) is 31.6. The summed E-state index contributed by atoms with van der Waals surface area (Å²) in [5.74, 6) is 0.331. The highest BCUT2D eigenvalue weighted by Crippen LogP contribution is 2.46. The van der Waals surface area contributed by atoms with E-state index in [0.29, 0.717) is 43.8 Å². The fourth-order valence-electron chi connectivity index (χ4n) is 8.37. The Bertz CT molecular complexity index is 1080. The molecule has 4 fully saturated rings. The molecule has 0 saturated heterocycles. The maximum absolute atomic E-state index is 14.3. The van der Waals surface area contributed by atoms with Crippen molar-refractivity contribution >= 4 is 5.91 Å². The molecule has 5 rings (SSSR count). The summed E-state index contributed by atoms with van der Waals surface area (Å²) in [6, 6.07) is 0.0622. The number of alkyl halides is 3. The van der Waals surface area contributed by atoms with Crippen LogP contribution in [-0.2, 0) is 32.6 Å². The van der Waals surface area contributed by atoms with Gasteiger partial charge in [-0.3, -0.25) is 10.2 Å². The van der Waals surface area contributed by atoms with Crippen molar-refractivity contribution in [2.24, 2.45) is 42.6 Å². The Morgan fingerprint density at radius 3 is 2.29 bits per heavy atom. The summed E-state index contributed by atoms with van der Waals surface area (Å²) < 4.78 is 61.1. The van der Waals surface area contributed by atoms with Gasteiger partial charge in [-0.15, -0.1) is 0 Å². The molecule has 4 saturated carbocycles. The number of nitrogens with zero attached hydrogens (tertiary/aromatic N) is 2. The van der Waals surface area contributed by atoms with Gasteiger partial charge < -0.3 is 28.7 Å². The van der Waals surface area contributed by atoms with Crippen molar-refractivity contribution in [3.63, 3.8) is 0 Å². The second-order valence-electron chi connectivity index (χ2n) is 13.5. The van der Waals surface area contributed by atoms with Crippen LogP contribution < -0.4 is 10.9 Å². The van der Waals surface area contributed by atoms with Crippen molar-refractivity contribution in [2.75, 3.05) is 14.2 Å². The molecule has 8 nitrogen and oxygen atoms in total. The Hall–Kier alpha value is -1.85. The lowest BCUT2D eigenvalue weighted by Crippen LogP contribution is -2.50. The van der Waals surface area contributed by atoms with E-state index < -0.39 is 18.9 Å². The number of amides is 1. The normalized spacial score (nSPS) is 36.6. The van der Waals surface area contributed by atoms with Crippen molar-refractivity contribution in [2.45, 2.75) is 114 Å². The molecule has 9 unspecified atom stereocenters. The number of imidazole rings is 1. The molecule has 1 aromatic rings. The summed E-state index contributed by atoms with van der Waals surface area (Å²) >= 11 is 0. The summed E-state index contributed by atoms with van der Waals surface area (Å²) in [4.78, 5) is 14.1. The molecule has 11 heteroatoms. The number of methoxy groups -OCH3 is 2. The van der Waals surface area contributed by atoms with Crippen molar-refractivity contribution < 1.29 is 32.2 Å². The van der Waals surface area contributed by atoms with Crippen LogP contribution in [0.3, 0.4) is 0 Å². The molecule has 1 heterocycles. The van der Waals surface area contributed by atoms with Gasteiger partial charge >= 0.3 is 6.61 Å². The van der Waals surface area contributed by atoms with Gasteiger partial charge in [0, 0.05) is 58.6 Å². The number of rotatable bonds is 11. The van der Waals surface area contributed by atoms with Gasteiger partial charge in [-0.25, -0.2) is 4.39 Å². The molecular formula is C31H49F3N4O4. The van der Waals surface area contributed by atoms with Crippen LogP contribution >= 0.6 is 0 Å². The molecule has 238 valence electrons. The quantitative estimate of drug-likeness (QED) is 0.383. The van der Waals surface area contributed by atoms with Crippen LogP contribution in [0.2, 0.25) is 0 Å². The molecule has 1 amide bonds. The number of halogens is 3. The molecule has 42 heavy (non-hydrogen) atoms. The molecule has 4 aliphatic carbocycles.